The van der Waals surface area contributed by atoms with Gasteiger partial charge in [0.25, 0.3) is 5.91 Å². The Morgan fingerprint density at radius 2 is 1.89 bits per heavy atom. The monoisotopic (exact) mass is 257 g/mol. The molecule has 0 bridgehead atoms. The van der Waals surface area contributed by atoms with Crippen molar-refractivity contribution in [2.75, 3.05) is 0 Å². The Kier molecular flexibility index (Phi) is 2.73. The van der Waals surface area contributed by atoms with Gasteiger partial charge in [-0.05, 0) is 0 Å². The molecule has 0 aliphatic carbocycles. The fourth-order valence-electron chi connectivity index (χ4n) is 1.17. The molecule has 0 unspecified atom stereocenters. The number of H-pyrrole nitrogens is 1. The van der Waals surface area contributed by atoms with E-state index in [1.54, 1.807) is 0 Å². The molecule has 6 nitrogen and oxygen atoms in total. The van der Waals surface area contributed by atoms with Gasteiger partial charge in [0.1, 0.15) is 17.1 Å². The van der Waals surface area contributed by atoms with E-state index in [-0.39, 0.29) is 17.2 Å². The average Bonchev–Trinajstić information content (AvgIpc) is 2.78. The fourth-order valence-corrected chi connectivity index (χ4v) is 1.17. The Morgan fingerprint density at radius 3 is 2.33 bits per heavy atom. The quantitative estimate of drug-likeness (QED) is 0.837. The summed E-state index contributed by atoms with van der Waals surface area (Å²) in [6.07, 6.45) is -1.68. The van der Waals surface area contributed by atoms with Crippen LogP contribution in [-0.2, 0) is 6.18 Å². The first-order chi connectivity index (χ1) is 8.38. The molecule has 2 rings (SSSR count). The number of amides is 1. The number of nitrogens with zero attached hydrogens (tertiary/aromatic N) is 3. The highest BCUT2D eigenvalue weighted by Gasteiger charge is 2.33. The average molecular weight is 257 g/mol. The van der Waals surface area contributed by atoms with Gasteiger partial charge in [-0.1, -0.05) is 0 Å². The second kappa shape index (κ2) is 4.09. The molecule has 0 atom stereocenters. The Labute approximate surface area is 98.1 Å². The molecule has 0 saturated heterocycles. The Hall–Kier alpha value is -2.45. The van der Waals surface area contributed by atoms with E-state index in [0.29, 0.717) is 6.20 Å². The highest BCUT2D eigenvalue weighted by atomic mass is 19.4. The summed E-state index contributed by atoms with van der Waals surface area (Å²) >= 11 is 0. The minimum atomic E-state index is -4.51. The van der Waals surface area contributed by atoms with Crippen molar-refractivity contribution < 1.29 is 18.0 Å². The summed E-state index contributed by atoms with van der Waals surface area (Å²) in [7, 11) is 0. The van der Waals surface area contributed by atoms with Crippen LogP contribution in [0.15, 0.2) is 18.6 Å². The van der Waals surface area contributed by atoms with Crippen LogP contribution in [0, 0.1) is 0 Å². The molecular formula is C9H6F3N5O. The first kappa shape index (κ1) is 12.0. The molecule has 3 N–H and O–H groups in total. The predicted octanol–water partition coefficient (Wildman–Crippen LogP) is 0.984. The number of rotatable bonds is 2. The molecule has 0 radical (unpaired) electrons. The third-order valence-corrected chi connectivity index (χ3v) is 2.03. The van der Waals surface area contributed by atoms with Crippen LogP contribution >= 0.6 is 0 Å². The molecule has 0 spiro atoms. The largest absolute Gasteiger partial charge is 0.432 e. The molecule has 2 heterocycles. The zero-order valence-electron chi connectivity index (χ0n) is 8.69. The van der Waals surface area contributed by atoms with Gasteiger partial charge < -0.3 is 10.7 Å². The lowest BCUT2D eigenvalue weighted by Gasteiger charge is -2.01. The number of nitrogens with two attached hydrogens (primary N) is 1. The summed E-state index contributed by atoms with van der Waals surface area (Å²) in [6, 6.07) is 0. The standard InChI is InChI=1S/C9H6F3N5O/c10-9(11,12)6-3-16-8(17-6)5-2-14-4(1-15-5)7(13)18/h1-3H,(H2,13,18)(H,16,17). The summed E-state index contributed by atoms with van der Waals surface area (Å²) in [4.78, 5) is 23.7. The summed E-state index contributed by atoms with van der Waals surface area (Å²) in [5, 5.41) is 0. The number of nitrogens with one attached hydrogen (secondary N) is 1. The number of halogens is 3. The fraction of sp³-hybridized carbons (Fsp3) is 0.111. The summed E-state index contributed by atoms with van der Waals surface area (Å²) in [5.41, 5.74) is 3.96. The SMILES string of the molecule is NC(=O)c1cnc(-c2ncc(C(F)(F)F)[nH]2)cn1. The van der Waals surface area contributed by atoms with Crippen molar-refractivity contribution in [3.05, 3.63) is 30.0 Å². The van der Waals surface area contributed by atoms with Crippen LogP contribution in [0.5, 0.6) is 0 Å². The minimum Gasteiger partial charge on any atom is -0.364 e. The summed E-state index contributed by atoms with van der Waals surface area (Å²) in [5.74, 6) is -0.865. The van der Waals surface area contributed by atoms with Gasteiger partial charge in [0.15, 0.2) is 5.82 Å². The van der Waals surface area contributed by atoms with Crippen LogP contribution in [0.2, 0.25) is 0 Å². The Bertz CT molecular complexity index is 575. The van der Waals surface area contributed by atoms with Gasteiger partial charge in [-0.15, -0.1) is 0 Å². The molecule has 18 heavy (non-hydrogen) atoms. The van der Waals surface area contributed by atoms with Crippen LogP contribution in [0.25, 0.3) is 11.5 Å². The van der Waals surface area contributed by atoms with Gasteiger partial charge in [-0.3, -0.25) is 4.79 Å². The van der Waals surface area contributed by atoms with E-state index < -0.39 is 17.8 Å². The lowest BCUT2D eigenvalue weighted by Crippen LogP contribution is -2.13. The third-order valence-electron chi connectivity index (χ3n) is 2.03. The zero-order valence-corrected chi connectivity index (χ0v) is 8.69. The number of hydrogen-bond donors (Lipinski definition) is 2. The second-order valence-electron chi connectivity index (χ2n) is 3.29. The van der Waals surface area contributed by atoms with E-state index >= 15 is 0 Å². The van der Waals surface area contributed by atoms with Gasteiger partial charge in [0.05, 0.1) is 18.6 Å². The molecular weight excluding hydrogens is 251 g/mol. The van der Waals surface area contributed by atoms with Crippen LogP contribution in [0.4, 0.5) is 13.2 Å². The van der Waals surface area contributed by atoms with Crippen molar-refractivity contribution in [1.29, 1.82) is 0 Å². The molecule has 9 heteroatoms. The number of aromatic nitrogens is 4. The second-order valence-corrected chi connectivity index (χ2v) is 3.29. The lowest BCUT2D eigenvalue weighted by atomic mass is 10.4. The van der Waals surface area contributed by atoms with Crippen molar-refractivity contribution in [1.82, 2.24) is 19.9 Å². The van der Waals surface area contributed by atoms with E-state index in [1.807, 2.05) is 0 Å². The van der Waals surface area contributed by atoms with Crippen LogP contribution < -0.4 is 5.73 Å². The zero-order chi connectivity index (χ0) is 13.3. The topological polar surface area (TPSA) is 97.5 Å². The molecule has 0 aliphatic rings. The number of hydrogen-bond acceptors (Lipinski definition) is 4. The van der Waals surface area contributed by atoms with E-state index in [0.717, 1.165) is 12.4 Å². The van der Waals surface area contributed by atoms with Gasteiger partial charge in [0, 0.05) is 0 Å². The molecule has 1 amide bonds. The number of imidazole rings is 1. The summed E-state index contributed by atoms with van der Waals surface area (Å²) < 4.78 is 37.0. The van der Waals surface area contributed by atoms with Gasteiger partial charge in [-0.25, -0.2) is 15.0 Å². The van der Waals surface area contributed by atoms with Crippen molar-refractivity contribution >= 4 is 5.91 Å². The maximum Gasteiger partial charge on any atom is 0.432 e. The van der Waals surface area contributed by atoms with Crippen molar-refractivity contribution in [3.63, 3.8) is 0 Å². The van der Waals surface area contributed by atoms with Gasteiger partial charge in [0.2, 0.25) is 0 Å². The molecule has 2 aromatic rings. The molecule has 0 fully saturated rings. The molecule has 0 saturated carbocycles. The van der Waals surface area contributed by atoms with E-state index in [9.17, 15) is 18.0 Å². The lowest BCUT2D eigenvalue weighted by molar-refractivity contribution is -0.140. The smallest absolute Gasteiger partial charge is 0.364 e. The highest BCUT2D eigenvalue weighted by molar-refractivity contribution is 5.90. The van der Waals surface area contributed by atoms with Crippen LogP contribution in [0.3, 0.4) is 0 Å². The molecule has 94 valence electrons. The predicted molar refractivity (Wildman–Crippen MR) is 53.1 cm³/mol. The maximum absolute atomic E-state index is 12.3. The van der Waals surface area contributed by atoms with Crippen molar-refractivity contribution in [2.24, 2.45) is 5.73 Å². The van der Waals surface area contributed by atoms with Crippen LogP contribution in [0.1, 0.15) is 16.2 Å². The van der Waals surface area contributed by atoms with E-state index in [1.165, 1.54) is 0 Å². The Morgan fingerprint density at radius 1 is 1.17 bits per heavy atom. The maximum atomic E-state index is 12.3. The number of carbonyl (C=O) groups is 1. The van der Waals surface area contributed by atoms with Gasteiger partial charge >= 0.3 is 6.18 Å². The van der Waals surface area contributed by atoms with E-state index in [4.69, 9.17) is 5.73 Å². The minimum absolute atomic E-state index is 0.0792. The normalized spacial score (nSPS) is 11.5. The number of primary amides is 1. The molecule has 0 aliphatic heterocycles. The highest BCUT2D eigenvalue weighted by Crippen LogP contribution is 2.28. The van der Waals surface area contributed by atoms with E-state index in [2.05, 4.69) is 19.9 Å². The number of carbonyl (C=O) groups excluding carboxylic acids is 1. The third kappa shape index (κ3) is 2.29. The number of alkyl halides is 3. The van der Waals surface area contributed by atoms with Crippen molar-refractivity contribution in [2.45, 2.75) is 6.18 Å². The van der Waals surface area contributed by atoms with Gasteiger partial charge in [-0.2, -0.15) is 13.2 Å². The molecule has 2 aromatic heterocycles. The molecule has 0 aromatic carbocycles. The van der Waals surface area contributed by atoms with Crippen LogP contribution in [-0.4, -0.2) is 25.8 Å². The summed E-state index contributed by atoms with van der Waals surface area (Å²) in [6.45, 7) is 0. The first-order valence-electron chi connectivity index (χ1n) is 4.62. The number of aromatic amines is 1. The van der Waals surface area contributed by atoms with Crippen molar-refractivity contribution in [3.8, 4) is 11.5 Å². The Balaban J connectivity index is 2.32. The first-order valence-corrected chi connectivity index (χ1v) is 4.62.